The molecular formula is C23H26N2O3. The summed E-state index contributed by atoms with van der Waals surface area (Å²) in [5, 5.41) is 5.36. The number of hydrogen-bond donors (Lipinski definition) is 1. The van der Waals surface area contributed by atoms with Gasteiger partial charge in [-0.15, -0.1) is 0 Å². The lowest BCUT2D eigenvalue weighted by Gasteiger charge is -2.24. The highest BCUT2D eigenvalue weighted by molar-refractivity contribution is 5.96. The largest absolute Gasteiger partial charge is 0.497 e. The average molecular weight is 378 g/mol. The Hall–Kier alpha value is -3.05. The van der Waals surface area contributed by atoms with Gasteiger partial charge in [-0.25, -0.2) is 0 Å². The van der Waals surface area contributed by atoms with Crippen molar-refractivity contribution in [1.82, 2.24) is 4.90 Å². The van der Waals surface area contributed by atoms with Crippen molar-refractivity contribution in [2.45, 2.75) is 19.5 Å². The molecule has 0 aromatic heterocycles. The molecule has 3 aromatic carbocycles. The molecule has 0 aliphatic rings. The van der Waals surface area contributed by atoms with Crippen LogP contribution in [0.1, 0.15) is 12.5 Å². The van der Waals surface area contributed by atoms with Gasteiger partial charge < -0.3 is 14.8 Å². The van der Waals surface area contributed by atoms with E-state index in [4.69, 9.17) is 9.47 Å². The van der Waals surface area contributed by atoms with E-state index in [1.165, 1.54) is 16.3 Å². The number of carbonyl (C=O) groups is 1. The Morgan fingerprint density at radius 3 is 2.46 bits per heavy atom. The van der Waals surface area contributed by atoms with Crippen LogP contribution in [-0.2, 0) is 11.3 Å². The molecule has 0 radical (unpaired) electrons. The summed E-state index contributed by atoms with van der Waals surface area (Å²) in [5.41, 5.74) is 1.76. The van der Waals surface area contributed by atoms with Crippen molar-refractivity contribution in [3.63, 3.8) is 0 Å². The lowest BCUT2D eigenvalue weighted by molar-refractivity contribution is -0.120. The van der Waals surface area contributed by atoms with Gasteiger partial charge in [-0.2, -0.15) is 0 Å². The van der Waals surface area contributed by atoms with Gasteiger partial charge in [0.2, 0.25) is 5.91 Å². The average Bonchev–Trinajstić information content (AvgIpc) is 2.72. The molecule has 0 fully saturated rings. The Kier molecular flexibility index (Phi) is 6.16. The SMILES string of the molecule is COc1ccc(OC)c(NC(=O)C(C)N(C)Cc2ccc3ccccc3c2)c1. The molecule has 0 aliphatic carbocycles. The standard InChI is InChI=1S/C23H26N2O3/c1-16(23(26)24-21-14-20(27-3)11-12-22(21)28-4)25(2)15-17-9-10-18-7-5-6-8-19(18)13-17/h5-14,16H,15H2,1-4H3,(H,24,26). The fourth-order valence-electron chi connectivity index (χ4n) is 3.11. The van der Waals surface area contributed by atoms with Gasteiger partial charge in [0.1, 0.15) is 11.5 Å². The topological polar surface area (TPSA) is 50.8 Å². The third-order valence-corrected chi connectivity index (χ3v) is 4.95. The summed E-state index contributed by atoms with van der Waals surface area (Å²) in [5.74, 6) is 1.15. The minimum atomic E-state index is -0.317. The van der Waals surface area contributed by atoms with Crippen LogP contribution in [-0.4, -0.2) is 38.1 Å². The van der Waals surface area contributed by atoms with Crippen LogP contribution in [0.15, 0.2) is 60.7 Å². The Bertz CT molecular complexity index is 971. The van der Waals surface area contributed by atoms with Crippen molar-refractivity contribution in [3.05, 3.63) is 66.2 Å². The predicted octanol–water partition coefficient (Wildman–Crippen LogP) is 4.32. The molecule has 1 atom stereocenters. The summed E-state index contributed by atoms with van der Waals surface area (Å²) in [6.07, 6.45) is 0. The second-order valence-electron chi connectivity index (χ2n) is 6.83. The van der Waals surface area contributed by atoms with Crippen LogP contribution in [0.2, 0.25) is 0 Å². The number of likely N-dealkylation sites (N-methyl/N-ethyl adjacent to an activating group) is 1. The molecule has 0 aliphatic heterocycles. The minimum Gasteiger partial charge on any atom is -0.497 e. The molecular weight excluding hydrogens is 352 g/mol. The summed E-state index contributed by atoms with van der Waals surface area (Å²) in [4.78, 5) is 14.8. The maximum Gasteiger partial charge on any atom is 0.241 e. The van der Waals surface area contributed by atoms with Crippen molar-refractivity contribution in [2.75, 3.05) is 26.6 Å². The Morgan fingerprint density at radius 1 is 1.00 bits per heavy atom. The zero-order valence-corrected chi connectivity index (χ0v) is 16.7. The van der Waals surface area contributed by atoms with Crippen molar-refractivity contribution in [3.8, 4) is 11.5 Å². The number of anilines is 1. The highest BCUT2D eigenvalue weighted by Crippen LogP contribution is 2.29. The smallest absolute Gasteiger partial charge is 0.241 e. The van der Waals surface area contributed by atoms with Crippen LogP contribution < -0.4 is 14.8 Å². The summed E-state index contributed by atoms with van der Waals surface area (Å²) in [6, 6.07) is 19.7. The summed E-state index contributed by atoms with van der Waals surface area (Å²) in [6.45, 7) is 2.57. The van der Waals surface area contributed by atoms with E-state index in [1.807, 2.05) is 31.0 Å². The second-order valence-corrected chi connectivity index (χ2v) is 6.83. The molecule has 0 bridgehead atoms. The molecule has 1 N–H and O–H groups in total. The van der Waals surface area contributed by atoms with E-state index >= 15 is 0 Å². The summed E-state index contributed by atoms with van der Waals surface area (Å²) >= 11 is 0. The quantitative estimate of drug-likeness (QED) is 0.665. The molecule has 0 heterocycles. The fraction of sp³-hybridized carbons (Fsp3) is 0.261. The molecule has 28 heavy (non-hydrogen) atoms. The molecule has 3 aromatic rings. The normalized spacial score (nSPS) is 12.0. The van der Waals surface area contributed by atoms with Gasteiger partial charge in [-0.1, -0.05) is 36.4 Å². The van der Waals surface area contributed by atoms with Gasteiger partial charge in [0, 0.05) is 12.6 Å². The molecule has 5 heteroatoms. The minimum absolute atomic E-state index is 0.102. The highest BCUT2D eigenvalue weighted by atomic mass is 16.5. The van der Waals surface area contributed by atoms with E-state index < -0.39 is 0 Å². The lowest BCUT2D eigenvalue weighted by atomic mass is 10.1. The van der Waals surface area contributed by atoms with E-state index in [1.54, 1.807) is 32.4 Å². The molecule has 0 saturated carbocycles. The Labute approximate surface area is 165 Å². The molecule has 5 nitrogen and oxygen atoms in total. The number of rotatable bonds is 7. The molecule has 1 unspecified atom stereocenters. The number of methoxy groups -OCH3 is 2. The van der Waals surface area contributed by atoms with Crippen LogP contribution in [0.25, 0.3) is 10.8 Å². The first-order chi connectivity index (χ1) is 13.5. The number of hydrogen-bond acceptors (Lipinski definition) is 4. The fourth-order valence-corrected chi connectivity index (χ4v) is 3.11. The predicted molar refractivity (Wildman–Crippen MR) is 113 cm³/mol. The van der Waals surface area contributed by atoms with E-state index in [0.29, 0.717) is 23.7 Å². The number of fused-ring (bicyclic) bond motifs is 1. The maximum absolute atomic E-state index is 12.8. The lowest BCUT2D eigenvalue weighted by Crippen LogP contribution is -2.39. The van der Waals surface area contributed by atoms with Gasteiger partial charge in [-0.3, -0.25) is 9.69 Å². The first-order valence-electron chi connectivity index (χ1n) is 9.22. The van der Waals surface area contributed by atoms with Gasteiger partial charge in [0.15, 0.2) is 0 Å². The van der Waals surface area contributed by atoms with E-state index in [9.17, 15) is 4.79 Å². The van der Waals surface area contributed by atoms with Crippen molar-refractivity contribution < 1.29 is 14.3 Å². The van der Waals surface area contributed by atoms with E-state index in [2.05, 4.69) is 35.6 Å². The Balaban J connectivity index is 1.70. The number of ether oxygens (including phenoxy) is 2. The molecule has 1 amide bonds. The van der Waals surface area contributed by atoms with Crippen molar-refractivity contribution in [2.24, 2.45) is 0 Å². The first-order valence-corrected chi connectivity index (χ1v) is 9.22. The summed E-state index contributed by atoms with van der Waals surface area (Å²) < 4.78 is 10.6. The van der Waals surface area contributed by atoms with E-state index in [0.717, 1.165) is 0 Å². The number of carbonyl (C=O) groups excluding carboxylic acids is 1. The zero-order chi connectivity index (χ0) is 20.1. The molecule has 0 saturated heterocycles. The monoisotopic (exact) mass is 378 g/mol. The van der Waals surface area contributed by atoms with Crippen molar-refractivity contribution >= 4 is 22.4 Å². The maximum atomic E-state index is 12.8. The molecule has 146 valence electrons. The van der Waals surface area contributed by atoms with Gasteiger partial charge in [-0.05, 0) is 48.5 Å². The van der Waals surface area contributed by atoms with Gasteiger partial charge in [0.05, 0.1) is 25.9 Å². The summed E-state index contributed by atoms with van der Waals surface area (Å²) in [7, 11) is 5.11. The first kappa shape index (κ1) is 19.7. The third kappa shape index (κ3) is 4.43. The molecule has 3 rings (SSSR count). The van der Waals surface area contributed by atoms with Crippen LogP contribution in [0.4, 0.5) is 5.69 Å². The van der Waals surface area contributed by atoms with Gasteiger partial charge >= 0.3 is 0 Å². The third-order valence-electron chi connectivity index (χ3n) is 4.95. The number of benzene rings is 3. The van der Waals surface area contributed by atoms with Gasteiger partial charge in [0.25, 0.3) is 0 Å². The Morgan fingerprint density at radius 2 is 1.75 bits per heavy atom. The van der Waals surface area contributed by atoms with Crippen molar-refractivity contribution in [1.29, 1.82) is 0 Å². The van der Waals surface area contributed by atoms with Crippen LogP contribution >= 0.6 is 0 Å². The molecule has 0 spiro atoms. The number of amides is 1. The highest BCUT2D eigenvalue weighted by Gasteiger charge is 2.20. The number of nitrogens with one attached hydrogen (secondary N) is 1. The van der Waals surface area contributed by atoms with Crippen LogP contribution in [0, 0.1) is 0 Å². The van der Waals surface area contributed by atoms with Crippen LogP contribution in [0.3, 0.4) is 0 Å². The zero-order valence-electron chi connectivity index (χ0n) is 16.7. The van der Waals surface area contributed by atoms with E-state index in [-0.39, 0.29) is 11.9 Å². The second kappa shape index (κ2) is 8.76. The number of nitrogens with zero attached hydrogens (tertiary/aromatic N) is 1. The van der Waals surface area contributed by atoms with Crippen LogP contribution in [0.5, 0.6) is 11.5 Å².